The molecule has 1 aliphatic heterocycles. The first-order chi connectivity index (χ1) is 10.8. The molecule has 1 saturated heterocycles. The Labute approximate surface area is 131 Å². The average molecular weight is 299 g/mol. The monoisotopic (exact) mass is 299 g/mol. The second-order valence-corrected chi connectivity index (χ2v) is 5.88. The summed E-state index contributed by atoms with van der Waals surface area (Å²) in [5, 5.41) is 0. The van der Waals surface area contributed by atoms with E-state index in [0.717, 1.165) is 36.6 Å². The summed E-state index contributed by atoms with van der Waals surface area (Å²) < 4.78 is 13.1. The van der Waals surface area contributed by atoms with Crippen molar-refractivity contribution in [1.82, 2.24) is 9.97 Å². The molecule has 2 heterocycles. The minimum absolute atomic E-state index is 0.199. The van der Waals surface area contributed by atoms with Gasteiger partial charge in [-0.25, -0.2) is 14.4 Å². The van der Waals surface area contributed by atoms with Crippen LogP contribution in [0, 0.1) is 5.82 Å². The van der Waals surface area contributed by atoms with Crippen LogP contribution in [-0.2, 0) is 0 Å². The average Bonchev–Trinajstić information content (AvgIpc) is 2.59. The fourth-order valence-corrected chi connectivity index (χ4v) is 3.13. The summed E-state index contributed by atoms with van der Waals surface area (Å²) in [4.78, 5) is 11.4. The third-order valence-corrected chi connectivity index (χ3v) is 4.38. The van der Waals surface area contributed by atoms with Gasteiger partial charge in [0.25, 0.3) is 0 Å². The van der Waals surface area contributed by atoms with Crippen LogP contribution in [0.25, 0.3) is 0 Å². The Bertz CT molecular complexity index is 589. The summed E-state index contributed by atoms with van der Waals surface area (Å²) >= 11 is 0. The highest BCUT2D eigenvalue weighted by molar-refractivity contribution is 5.34. The first-order valence-corrected chi connectivity index (χ1v) is 8.10. The van der Waals surface area contributed by atoms with E-state index in [1.165, 1.54) is 31.4 Å². The van der Waals surface area contributed by atoms with Crippen LogP contribution in [-0.4, -0.2) is 23.1 Å². The quantitative estimate of drug-likeness (QED) is 0.849. The molecule has 0 amide bonds. The molecule has 0 bridgehead atoms. The van der Waals surface area contributed by atoms with E-state index in [2.05, 4.69) is 21.8 Å². The van der Waals surface area contributed by atoms with E-state index in [1.54, 1.807) is 0 Å². The maximum absolute atomic E-state index is 13.1. The van der Waals surface area contributed by atoms with Crippen LogP contribution in [0.5, 0.6) is 0 Å². The zero-order valence-electron chi connectivity index (χ0n) is 13.0. The van der Waals surface area contributed by atoms with E-state index >= 15 is 0 Å². The first-order valence-electron chi connectivity index (χ1n) is 8.10. The van der Waals surface area contributed by atoms with Crippen molar-refractivity contribution in [3.63, 3.8) is 0 Å². The van der Waals surface area contributed by atoms with Crippen LogP contribution in [0.3, 0.4) is 0 Å². The van der Waals surface area contributed by atoms with Crippen molar-refractivity contribution in [2.45, 2.75) is 38.5 Å². The molecular weight excluding hydrogens is 277 g/mol. The minimum Gasteiger partial charge on any atom is -0.341 e. The van der Waals surface area contributed by atoms with E-state index in [4.69, 9.17) is 0 Å². The molecule has 4 heteroatoms. The number of rotatable bonds is 4. The fourth-order valence-electron chi connectivity index (χ4n) is 3.13. The molecule has 116 valence electrons. The van der Waals surface area contributed by atoms with Gasteiger partial charge < -0.3 is 4.90 Å². The number of aromatic nitrogens is 2. The van der Waals surface area contributed by atoms with E-state index in [0.29, 0.717) is 0 Å². The largest absolute Gasteiger partial charge is 0.341 e. The van der Waals surface area contributed by atoms with Gasteiger partial charge in [0.1, 0.15) is 5.82 Å². The normalized spacial score (nSPS) is 16.5. The van der Waals surface area contributed by atoms with Crippen LogP contribution in [0.15, 0.2) is 36.7 Å². The van der Waals surface area contributed by atoms with Crippen molar-refractivity contribution in [3.8, 4) is 0 Å². The van der Waals surface area contributed by atoms with Crippen LogP contribution in [0.1, 0.15) is 49.7 Å². The molecule has 0 saturated carbocycles. The topological polar surface area (TPSA) is 29.0 Å². The van der Waals surface area contributed by atoms with Crippen molar-refractivity contribution in [2.75, 3.05) is 18.0 Å². The molecule has 1 aliphatic rings. The van der Waals surface area contributed by atoms with Crippen molar-refractivity contribution in [3.05, 3.63) is 53.6 Å². The maximum Gasteiger partial charge on any atom is 0.225 e. The lowest BCUT2D eigenvalue weighted by Gasteiger charge is -2.26. The summed E-state index contributed by atoms with van der Waals surface area (Å²) in [6, 6.07) is 6.73. The van der Waals surface area contributed by atoms with Gasteiger partial charge in [-0.15, -0.1) is 0 Å². The minimum atomic E-state index is -0.199. The Hall–Kier alpha value is -1.97. The van der Waals surface area contributed by atoms with Crippen molar-refractivity contribution in [2.24, 2.45) is 0 Å². The van der Waals surface area contributed by atoms with Gasteiger partial charge in [-0.05, 0) is 48.9 Å². The van der Waals surface area contributed by atoms with Crippen LogP contribution in [0.4, 0.5) is 10.3 Å². The lowest BCUT2D eigenvalue weighted by molar-refractivity contribution is 0.567. The van der Waals surface area contributed by atoms with Gasteiger partial charge in [0, 0.05) is 31.4 Å². The molecule has 2 aromatic rings. The third-order valence-electron chi connectivity index (χ3n) is 4.38. The Morgan fingerprint density at radius 2 is 1.64 bits per heavy atom. The molecule has 1 atom stereocenters. The van der Waals surface area contributed by atoms with Crippen molar-refractivity contribution >= 4 is 5.95 Å². The molecular formula is C18H22FN3. The summed E-state index contributed by atoms with van der Waals surface area (Å²) in [6.07, 6.45) is 8.54. The highest BCUT2D eigenvalue weighted by Gasteiger charge is 2.16. The molecule has 0 unspecified atom stereocenters. The molecule has 1 aromatic carbocycles. The van der Waals surface area contributed by atoms with E-state index in [-0.39, 0.29) is 11.7 Å². The number of piperidine rings is 1. The predicted molar refractivity (Wildman–Crippen MR) is 86.6 cm³/mol. The number of hydrogen-bond acceptors (Lipinski definition) is 3. The summed E-state index contributed by atoms with van der Waals surface area (Å²) in [7, 11) is 0. The van der Waals surface area contributed by atoms with Gasteiger partial charge in [0.05, 0.1) is 0 Å². The number of halogens is 1. The van der Waals surface area contributed by atoms with Crippen LogP contribution < -0.4 is 4.90 Å². The molecule has 0 spiro atoms. The zero-order chi connectivity index (χ0) is 15.4. The second-order valence-electron chi connectivity index (χ2n) is 5.88. The fraction of sp³-hybridized carbons (Fsp3) is 0.444. The Balaban J connectivity index is 1.79. The maximum atomic E-state index is 13.1. The lowest BCUT2D eigenvalue weighted by atomic mass is 9.91. The second kappa shape index (κ2) is 6.86. The first kappa shape index (κ1) is 14.9. The SMILES string of the molecule is CC[C@H](c1ccc(F)cc1)c1cnc(N2CCCCC2)nc1. The van der Waals surface area contributed by atoms with Crippen LogP contribution in [0.2, 0.25) is 0 Å². The highest BCUT2D eigenvalue weighted by Crippen LogP contribution is 2.27. The van der Waals surface area contributed by atoms with E-state index in [9.17, 15) is 4.39 Å². The molecule has 22 heavy (non-hydrogen) atoms. The molecule has 0 aliphatic carbocycles. The third kappa shape index (κ3) is 3.26. The Kier molecular flexibility index (Phi) is 4.66. The zero-order valence-corrected chi connectivity index (χ0v) is 13.0. The van der Waals surface area contributed by atoms with Gasteiger partial charge >= 0.3 is 0 Å². The number of benzene rings is 1. The lowest BCUT2D eigenvalue weighted by Crippen LogP contribution is -2.30. The molecule has 1 aromatic heterocycles. The van der Waals surface area contributed by atoms with E-state index < -0.39 is 0 Å². The van der Waals surface area contributed by atoms with Gasteiger partial charge in [-0.2, -0.15) is 0 Å². The van der Waals surface area contributed by atoms with E-state index in [1.807, 2.05) is 24.5 Å². The van der Waals surface area contributed by atoms with Crippen molar-refractivity contribution < 1.29 is 4.39 Å². The van der Waals surface area contributed by atoms with Crippen LogP contribution >= 0.6 is 0 Å². The molecule has 1 fully saturated rings. The van der Waals surface area contributed by atoms with Gasteiger partial charge in [0.15, 0.2) is 0 Å². The Morgan fingerprint density at radius 3 is 2.23 bits per heavy atom. The molecule has 0 N–H and O–H groups in total. The summed E-state index contributed by atoms with van der Waals surface area (Å²) in [5.74, 6) is 0.851. The molecule has 3 nitrogen and oxygen atoms in total. The summed E-state index contributed by atoms with van der Waals surface area (Å²) in [5.41, 5.74) is 2.20. The van der Waals surface area contributed by atoms with Gasteiger partial charge in [0.2, 0.25) is 5.95 Å². The van der Waals surface area contributed by atoms with Gasteiger partial charge in [-0.1, -0.05) is 19.1 Å². The summed E-state index contributed by atoms with van der Waals surface area (Å²) in [6.45, 7) is 4.23. The smallest absolute Gasteiger partial charge is 0.225 e. The van der Waals surface area contributed by atoms with Crippen molar-refractivity contribution in [1.29, 1.82) is 0 Å². The molecule has 3 rings (SSSR count). The predicted octanol–water partition coefficient (Wildman–Crippen LogP) is 4.15. The molecule has 0 radical (unpaired) electrons. The van der Waals surface area contributed by atoms with Gasteiger partial charge in [-0.3, -0.25) is 0 Å². The Morgan fingerprint density at radius 1 is 1.00 bits per heavy atom. The number of hydrogen-bond donors (Lipinski definition) is 0. The number of anilines is 1. The highest BCUT2D eigenvalue weighted by atomic mass is 19.1. The standard InChI is InChI=1S/C18H22FN3/c1-2-17(14-6-8-16(19)9-7-14)15-12-20-18(21-13-15)22-10-4-3-5-11-22/h6-9,12-13,17H,2-5,10-11H2,1H3/t17-/m1/s1. The number of nitrogens with zero attached hydrogens (tertiary/aromatic N) is 3.